The molecule has 33 heavy (non-hydrogen) atoms. The molecule has 2 aromatic rings. The van der Waals surface area contributed by atoms with Crippen LogP contribution in [0, 0.1) is 0 Å². The van der Waals surface area contributed by atoms with E-state index in [2.05, 4.69) is 21.2 Å². The Bertz CT molecular complexity index is 1210. The van der Waals surface area contributed by atoms with Gasteiger partial charge in [0.2, 0.25) is 0 Å². The third-order valence-electron chi connectivity index (χ3n) is 7.00. The summed E-state index contributed by atoms with van der Waals surface area (Å²) in [6, 6.07) is 2.61. The Labute approximate surface area is 191 Å². The highest BCUT2D eigenvalue weighted by atomic mass is 32.2. The van der Waals surface area contributed by atoms with E-state index in [0.717, 1.165) is 55.3 Å². The van der Waals surface area contributed by atoms with Crippen LogP contribution in [0.15, 0.2) is 35.0 Å². The van der Waals surface area contributed by atoms with Crippen molar-refractivity contribution in [2.75, 3.05) is 5.32 Å². The summed E-state index contributed by atoms with van der Waals surface area (Å²) in [4.78, 5) is 12.7. The normalized spacial score (nSPS) is 19.8. The number of halogens is 2. The number of nitrogens with one attached hydrogen (secondary N) is 2. The first-order valence-corrected chi connectivity index (χ1v) is 12.9. The number of fused-ring (bicyclic) bond motifs is 2. The number of nitrogens with zero attached hydrogens (tertiary/aromatic N) is 2. The fourth-order valence-corrected chi connectivity index (χ4v) is 6.19. The minimum absolute atomic E-state index is 0.152. The van der Waals surface area contributed by atoms with Crippen molar-refractivity contribution in [3.63, 3.8) is 0 Å². The SMILES string of the molecule is O=C(Nc1c2c(cc3c1CCC3)CCC2)NS(=O)(=O)c1ccn(C2CCC(=C(F)F)CC2)n1. The summed E-state index contributed by atoms with van der Waals surface area (Å²) in [6.45, 7) is 0. The lowest BCUT2D eigenvalue weighted by Crippen LogP contribution is -2.35. The van der Waals surface area contributed by atoms with Gasteiger partial charge in [0, 0.05) is 11.9 Å². The first kappa shape index (κ1) is 22.1. The number of aryl methyl sites for hydroxylation is 2. The first-order valence-electron chi connectivity index (χ1n) is 11.4. The number of hydrogen-bond acceptors (Lipinski definition) is 4. The Morgan fingerprint density at radius 1 is 1.00 bits per heavy atom. The molecule has 3 aliphatic carbocycles. The van der Waals surface area contributed by atoms with Gasteiger partial charge in [-0.15, -0.1) is 0 Å². The molecule has 10 heteroatoms. The number of urea groups is 1. The number of aromatic nitrogens is 2. The molecule has 1 aromatic carbocycles. The first-order chi connectivity index (χ1) is 15.8. The highest BCUT2D eigenvalue weighted by molar-refractivity contribution is 7.90. The lowest BCUT2D eigenvalue weighted by Gasteiger charge is -2.23. The third kappa shape index (κ3) is 4.28. The molecule has 1 saturated carbocycles. The van der Waals surface area contributed by atoms with E-state index in [-0.39, 0.29) is 29.5 Å². The summed E-state index contributed by atoms with van der Waals surface area (Å²) in [5.74, 6) is 0. The number of hydrogen-bond donors (Lipinski definition) is 2. The average Bonchev–Trinajstić information content (AvgIpc) is 3.53. The summed E-state index contributed by atoms with van der Waals surface area (Å²) >= 11 is 0. The van der Waals surface area contributed by atoms with Gasteiger partial charge in [0.25, 0.3) is 16.1 Å². The Kier molecular flexibility index (Phi) is 5.72. The van der Waals surface area contributed by atoms with Crippen molar-refractivity contribution in [1.82, 2.24) is 14.5 Å². The quantitative estimate of drug-likeness (QED) is 0.673. The van der Waals surface area contributed by atoms with Gasteiger partial charge in [-0.25, -0.2) is 9.52 Å². The smallest absolute Gasteiger partial charge is 0.307 e. The standard InChI is InChI=1S/C23H26F2N4O3S/c24-22(25)14-7-9-17(10-8-14)29-12-11-20(27-29)33(31,32)28-23(30)26-21-18-5-1-3-15(18)13-16-4-2-6-19(16)21/h11-13,17H,1-10H2,(H2,26,28,30). The van der Waals surface area contributed by atoms with Crippen molar-refractivity contribution >= 4 is 21.7 Å². The van der Waals surface area contributed by atoms with Gasteiger partial charge >= 0.3 is 6.03 Å². The van der Waals surface area contributed by atoms with E-state index in [0.29, 0.717) is 12.8 Å². The number of rotatable bonds is 4. The molecule has 1 fully saturated rings. The van der Waals surface area contributed by atoms with Crippen molar-refractivity contribution in [2.24, 2.45) is 0 Å². The fraction of sp³-hybridized carbons (Fsp3) is 0.478. The van der Waals surface area contributed by atoms with E-state index >= 15 is 0 Å². The van der Waals surface area contributed by atoms with Gasteiger partial charge in [-0.2, -0.15) is 22.3 Å². The molecular weight excluding hydrogens is 450 g/mol. The zero-order chi connectivity index (χ0) is 23.2. The Hall–Kier alpha value is -2.75. The molecule has 5 rings (SSSR count). The second kappa shape index (κ2) is 8.55. The maximum Gasteiger partial charge on any atom is 0.333 e. The van der Waals surface area contributed by atoms with Crippen molar-refractivity contribution in [3.05, 3.63) is 52.2 Å². The summed E-state index contributed by atoms with van der Waals surface area (Å²) in [5, 5.41) is 6.68. The molecule has 0 bridgehead atoms. The van der Waals surface area contributed by atoms with Gasteiger partial charge in [0.05, 0.1) is 6.04 Å². The molecule has 176 valence electrons. The predicted molar refractivity (Wildman–Crippen MR) is 119 cm³/mol. The minimum atomic E-state index is -4.17. The molecule has 0 spiro atoms. The van der Waals surface area contributed by atoms with Crippen LogP contribution in [-0.4, -0.2) is 24.2 Å². The van der Waals surface area contributed by atoms with Crippen LogP contribution in [-0.2, 0) is 35.7 Å². The Balaban J connectivity index is 1.29. The summed E-state index contributed by atoms with van der Waals surface area (Å²) in [7, 11) is -4.17. The van der Waals surface area contributed by atoms with Crippen LogP contribution in [0.4, 0.5) is 19.3 Å². The largest absolute Gasteiger partial charge is 0.333 e. The molecule has 0 unspecified atom stereocenters. The molecule has 2 amide bonds. The van der Waals surface area contributed by atoms with E-state index in [1.165, 1.54) is 28.1 Å². The summed E-state index contributed by atoms with van der Waals surface area (Å²) in [5.41, 5.74) is 5.63. The van der Waals surface area contributed by atoms with Crippen LogP contribution < -0.4 is 10.0 Å². The maximum absolute atomic E-state index is 12.8. The second-order valence-corrected chi connectivity index (χ2v) is 10.7. The monoisotopic (exact) mass is 476 g/mol. The zero-order valence-electron chi connectivity index (χ0n) is 18.2. The predicted octanol–water partition coefficient (Wildman–Crippen LogP) is 4.64. The second-order valence-electron chi connectivity index (χ2n) is 9.02. The van der Waals surface area contributed by atoms with Crippen LogP contribution >= 0.6 is 0 Å². The summed E-state index contributed by atoms with van der Waals surface area (Å²) in [6.07, 6.45) is 7.12. The van der Waals surface area contributed by atoms with E-state index in [4.69, 9.17) is 0 Å². The lowest BCUT2D eigenvalue weighted by atomic mass is 9.92. The molecule has 3 aliphatic rings. The van der Waals surface area contributed by atoms with Crippen LogP contribution in [0.1, 0.15) is 66.8 Å². The number of sulfonamides is 1. The molecule has 0 aliphatic heterocycles. The number of anilines is 1. The van der Waals surface area contributed by atoms with Gasteiger partial charge < -0.3 is 5.32 Å². The zero-order valence-corrected chi connectivity index (χ0v) is 19.0. The fourth-order valence-electron chi connectivity index (χ4n) is 5.35. The molecular formula is C23H26F2N4O3S. The van der Waals surface area contributed by atoms with Crippen molar-refractivity contribution in [1.29, 1.82) is 0 Å². The lowest BCUT2D eigenvalue weighted by molar-refractivity contribution is 0.256. The van der Waals surface area contributed by atoms with Gasteiger partial charge in [-0.05, 0) is 98.1 Å². The van der Waals surface area contributed by atoms with Crippen LogP contribution in [0.3, 0.4) is 0 Å². The number of carbonyl (C=O) groups is 1. The van der Waals surface area contributed by atoms with Crippen LogP contribution in [0.2, 0.25) is 0 Å². The molecule has 7 nitrogen and oxygen atoms in total. The molecule has 0 radical (unpaired) electrons. The van der Waals surface area contributed by atoms with Crippen molar-refractivity contribution < 1.29 is 22.0 Å². The van der Waals surface area contributed by atoms with Crippen molar-refractivity contribution in [2.45, 2.75) is 75.3 Å². The average molecular weight is 477 g/mol. The minimum Gasteiger partial charge on any atom is -0.307 e. The van der Waals surface area contributed by atoms with Crippen LogP contribution in [0.5, 0.6) is 0 Å². The molecule has 1 heterocycles. The van der Waals surface area contributed by atoms with Crippen LogP contribution in [0.25, 0.3) is 0 Å². The van der Waals surface area contributed by atoms with Gasteiger partial charge in [-0.3, -0.25) is 4.68 Å². The topological polar surface area (TPSA) is 93.1 Å². The Morgan fingerprint density at radius 2 is 1.64 bits per heavy atom. The van der Waals surface area contributed by atoms with E-state index < -0.39 is 22.1 Å². The van der Waals surface area contributed by atoms with Crippen molar-refractivity contribution in [3.8, 4) is 0 Å². The van der Waals surface area contributed by atoms with Gasteiger partial charge in [0.15, 0.2) is 5.03 Å². The maximum atomic E-state index is 12.8. The van der Waals surface area contributed by atoms with E-state index in [1.807, 2.05) is 0 Å². The van der Waals surface area contributed by atoms with E-state index in [1.54, 1.807) is 0 Å². The van der Waals surface area contributed by atoms with Gasteiger partial charge in [-0.1, -0.05) is 6.07 Å². The third-order valence-corrected chi connectivity index (χ3v) is 8.22. The molecule has 2 N–H and O–H groups in total. The van der Waals surface area contributed by atoms with E-state index in [9.17, 15) is 22.0 Å². The Morgan fingerprint density at radius 3 is 2.24 bits per heavy atom. The highest BCUT2D eigenvalue weighted by Gasteiger charge is 2.28. The number of amides is 2. The summed E-state index contributed by atoms with van der Waals surface area (Å²) < 4.78 is 54.7. The number of allylic oxidation sites excluding steroid dienone is 1. The highest BCUT2D eigenvalue weighted by Crippen LogP contribution is 2.38. The molecule has 1 aromatic heterocycles. The molecule has 0 saturated heterocycles. The number of carbonyl (C=O) groups excluding carboxylic acids is 1. The van der Waals surface area contributed by atoms with Gasteiger partial charge in [0.1, 0.15) is 0 Å². The molecule has 0 atom stereocenters. The number of benzene rings is 1.